The molecule has 1 rings (SSSR count). The van der Waals surface area contributed by atoms with E-state index in [2.05, 4.69) is 13.8 Å². The van der Waals surface area contributed by atoms with Crippen LogP contribution in [0.5, 0.6) is 5.75 Å². The van der Waals surface area contributed by atoms with E-state index < -0.39 is 5.97 Å². The summed E-state index contributed by atoms with van der Waals surface area (Å²) < 4.78 is 5.72. The maximum absolute atomic E-state index is 10.8. The first-order valence-corrected chi connectivity index (χ1v) is 5.85. The number of carbonyl (C=O) groups is 1. The average molecular weight is 236 g/mol. The second kappa shape index (κ2) is 5.71. The van der Waals surface area contributed by atoms with Crippen molar-refractivity contribution in [3.63, 3.8) is 0 Å². The van der Waals surface area contributed by atoms with Gasteiger partial charge in [0.15, 0.2) is 0 Å². The van der Waals surface area contributed by atoms with Crippen molar-refractivity contribution in [3.8, 4) is 5.75 Å². The molecule has 0 spiro atoms. The molecule has 0 atom stereocenters. The van der Waals surface area contributed by atoms with E-state index in [-0.39, 0.29) is 6.42 Å². The predicted octanol–water partition coefficient (Wildman–Crippen LogP) is 2.97. The monoisotopic (exact) mass is 236 g/mol. The van der Waals surface area contributed by atoms with E-state index >= 15 is 0 Å². The van der Waals surface area contributed by atoms with Gasteiger partial charge in [0.2, 0.25) is 0 Å². The predicted molar refractivity (Wildman–Crippen MR) is 67.6 cm³/mol. The third kappa shape index (κ3) is 4.10. The van der Waals surface area contributed by atoms with Gasteiger partial charge in [0.05, 0.1) is 13.0 Å². The van der Waals surface area contributed by atoms with E-state index in [0.29, 0.717) is 12.5 Å². The highest BCUT2D eigenvalue weighted by Crippen LogP contribution is 2.26. The van der Waals surface area contributed by atoms with Gasteiger partial charge in [-0.3, -0.25) is 4.79 Å². The molecule has 0 aromatic heterocycles. The molecule has 3 heteroatoms. The van der Waals surface area contributed by atoms with Crippen molar-refractivity contribution in [2.75, 3.05) is 6.61 Å². The van der Waals surface area contributed by atoms with Crippen molar-refractivity contribution in [3.05, 3.63) is 28.8 Å². The lowest BCUT2D eigenvalue weighted by molar-refractivity contribution is -0.136. The summed E-state index contributed by atoms with van der Waals surface area (Å²) in [5, 5.41) is 8.89. The molecule has 0 aliphatic heterocycles. The molecule has 0 saturated carbocycles. The summed E-state index contributed by atoms with van der Waals surface area (Å²) in [4.78, 5) is 10.8. The van der Waals surface area contributed by atoms with Gasteiger partial charge >= 0.3 is 5.97 Å². The standard InChI is InChI=1S/C14H20O3/c1-9(2)8-17-14-11(4)5-10(3)6-12(14)7-13(15)16/h5-6,9H,7-8H2,1-4H3,(H,15,16). The number of hydrogen-bond acceptors (Lipinski definition) is 2. The van der Waals surface area contributed by atoms with Crippen molar-refractivity contribution in [2.24, 2.45) is 5.92 Å². The Hall–Kier alpha value is -1.51. The molecule has 0 aliphatic rings. The third-order valence-corrected chi connectivity index (χ3v) is 2.40. The summed E-state index contributed by atoms with van der Waals surface area (Å²) in [6, 6.07) is 3.90. The average Bonchev–Trinajstić information content (AvgIpc) is 2.14. The molecule has 94 valence electrons. The van der Waals surface area contributed by atoms with Crippen LogP contribution >= 0.6 is 0 Å². The fourth-order valence-corrected chi connectivity index (χ4v) is 1.79. The number of carboxylic acid groups (broad SMARTS) is 1. The fourth-order valence-electron chi connectivity index (χ4n) is 1.79. The van der Waals surface area contributed by atoms with Crippen molar-refractivity contribution in [1.82, 2.24) is 0 Å². The van der Waals surface area contributed by atoms with Crippen LogP contribution in [0.4, 0.5) is 0 Å². The minimum absolute atomic E-state index is 0.00987. The van der Waals surface area contributed by atoms with Gasteiger partial charge in [-0.15, -0.1) is 0 Å². The van der Waals surface area contributed by atoms with Crippen LogP contribution < -0.4 is 4.74 Å². The Balaban J connectivity index is 3.02. The van der Waals surface area contributed by atoms with Crippen LogP contribution in [0.15, 0.2) is 12.1 Å². The largest absolute Gasteiger partial charge is 0.493 e. The molecular weight excluding hydrogens is 216 g/mol. The van der Waals surface area contributed by atoms with Crippen LogP contribution in [-0.4, -0.2) is 17.7 Å². The molecule has 0 radical (unpaired) electrons. The van der Waals surface area contributed by atoms with E-state index in [1.54, 1.807) is 0 Å². The molecular formula is C14H20O3. The minimum Gasteiger partial charge on any atom is -0.493 e. The molecule has 1 aromatic carbocycles. The topological polar surface area (TPSA) is 46.5 Å². The summed E-state index contributed by atoms with van der Waals surface area (Å²) in [6.07, 6.45) is 0.00987. The molecule has 1 aromatic rings. The third-order valence-electron chi connectivity index (χ3n) is 2.40. The van der Waals surface area contributed by atoms with Crippen LogP contribution in [0.1, 0.15) is 30.5 Å². The maximum Gasteiger partial charge on any atom is 0.307 e. The Morgan fingerprint density at radius 2 is 2.00 bits per heavy atom. The molecule has 0 heterocycles. The zero-order valence-corrected chi connectivity index (χ0v) is 10.9. The SMILES string of the molecule is Cc1cc(C)c(OCC(C)C)c(CC(=O)O)c1. The van der Waals surface area contributed by atoms with E-state index in [1.807, 2.05) is 26.0 Å². The molecule has 0 saturated heterocycles. The van der Waals surface area contributed by atoms with Gasteiger partial charge in [-0.05, 0) is 25.3 Å². The maximum atomic E-state index is 10.8. The van der Waals surface area contributed by atoms with E-state index in [0.717, 1.165) is 22.4 Å². The zero-order chi connectivity index (χ0) is 13.0. The van der Waals surface area contributed by atoms with Gasteiger partial charge in [-0.2, -0.15) is 0 Å². The second-order valence-electron chi connectivity index (χ2n) is 4.85. The zero-order valence-electron chi connectivity index (χ0n) is 10.9. The van der Waals surface area contributed by atoms with Gasteiger partial charge < -0.3 is 9.84 Å². The molecule has 17 heavy (non-hydrogen) atoms. The highest BCUT2D eigenvalue weighted by atomic mass is 16.5. The highest BCUT2D eigenvalue weighted by molar-refractivity contribution is 5.71. The van der Waals surface area contributed by atoms with Crippen LogP contribution in [0, 0.1) is 19.8 Å². The summed E-state index contributed by atoms with van der Waals surface area (Å²) in [7, 11) is 0. The van der Waals surface area contributed by atoms with Crippen molar-refractivity contribution < 1.29 is 14.6 Å². The Morgan fingerprint density at radius 1 is 1.35 bits per heavy atom. The number of benzene rings is 1. The lowest BCUT2D eigenvalue weighted by Crippen LogP contribution is -2.10. The first-order valence-electron chi connectivity index (χ1n) is 5.85. The number of aliphatic carboxylic acids is 1. The molecule has 0 unspecified atom stereocenters. The number of aryl methyl sites for hydroxylation is 2. The van der Waals surface area contributed by atoms with Gasteiger partial charge in [0, 0.05) is 5.56 Å². The van der Waals surface area contributed by atoms with E-state index in [9.17, 15) is 4.79 Å². The molecule has 0 bridgehead atoms. The molecule has 3 nitrogen and oxygen atoms in total. The molecule has 0 amide bonds. The number of ether oxygens (including phenoxy) is 1. The smallest absolute Gasteiger partial charge is 0.307 e. The van der Waals surface area contributed by atoms with Gasteiger partial charge in [-0.1, -0.05) is 31.5 Å². The van der Waals surface area contributed by atoms with Gasteiger partial charge in [0.1, 0.15) is 5.75 Å². The van der Waals surface area contributed by atoms with Crippen LogP contribution in [0.3, 0.4) is 0 Å². The lowest BCUT2D eigenvalue weighted by atomic mass is 10.0. The minimum atomic E-state index is -0.829. The number of carboxylic acids is 1. The molecule has 0 fully saturated rings. The van der Waals surface area contributed by atoms with E-state index in [1.165, 1.54) is 0 Å². The molecule has 0 aliphatic carbocycles. The Kier molecular flexibility index (Phi) is 4.55. The Morgan fingerprint density at radius 3 is 2.53 bits per heavy atom. The quantitative estimate of drug-likeness (QED) is 0.855. The molecule has 1 N–H and O–H groups in total. The van der Waals surface area contributed by atoms with Crippen LogP contribution in [0.25, 0.3) is 0 Å². The summed E-state index contributed by atoms with van der Waals surface area (Å²) in [6.45, 7) is 8.66. The van der Waals surface area contributed by atoms with Crippen LogP contribution in [-0.2, 0) is 11.2 Å². The second-order valence-corrected chi connectivity index (χ2v) is 4.85. The fraction of sp³-hybridized carbons (Fsp3) is 0.500. The lowest BCUT2D eigenvalue weighted by Gasteiger charge is -2.15. The number of hydrogen-bond donors (Lipinski definition) is 1. The first-order chi connectivity index (χ1) is 7.90. The van der Waals surface area contributed by atoms with E-state index in [4.69, 9.17) is 9.84 Å². The summed E-state index contributed by atoms with van der Waals surface area (Å²) in [5.41, 5.74) is 2.83. The Bertz CT molecular complexity index is 408. The number of rotatable bonds is 5. The van der Waals surface area contributed by atoms with Gasteiger partial charge in [0.25, 0.3) is 0 Å². The van der Waals surface area contributed by atoms with Crippen molar-refractivity contribution in [2.45, 2.75) is 34.1 Å². The summed E-state index contributed by atoms with van der Waals surface area (Å²) >= 11 is 0. The first kappa shape index (κ1) is 13.6. The van der Waals surface area contributed by atoms with Crippen molar-refractivity contribution in [1.29, 1.82) is 0 Å². The Labute approximate surface area is 102 Å². The van der Waals surface area contributed by atoms with Gasteiger partial charge in [-0.25, -0.2) is 0 Å². The normalized spacial score (nSPS) is 10.6. The highest BCUT2D eigenvalue weighted by Gasteiger charge is 2.12. The summed E-state index contributed by atoms with van der Waals surface area (Å²) in [5.74, 6) is 0.324. The van der Waals surface area contributed by atoms with Crippen molar-refractivity contribution >= 4 is 5.97 Å². The van der Waals surface area contributed by atoms with Crippen LogP contribution in [0.2, 0.25) is 0 Å².